The van der Waals surface area contributed by atoms with Gasteiger partial charge in [0.15, 0.2) is 5.78 Å². The number of nitrogens with two attached hydrogens (primary N) is 1. The molecule has 2 aromatic rings. The molecule has 0 radical (unpaired) electrons. The van der Waals surface area contributed by atoms with E-state index in [1.165, 1.54) is 39.0 Å². The summed E-state index contributed by atoms with van der Waals surface area (Å²) in [6.45, 7) is 9.61. The Hall–Kier alpha value is -2.74. The molecule has 1 amide bonds. The summed E-state index contributed by atoms with van der Waals surface area (Å²) in [7, 11) is 1.63. The Labute approximate surface area is 244 Å². The maximum atomic E-state index is 13.4. The quantitative estimate of drug-likeness (QED) is 0.367. The summed E-state index contributed by atoms with van der Waals surface area (Å²) in [6.07, 6.45) is 9.55. The van der Waals surface area contributed by atoms with Crippen LogP contribution in [0.3, 0.4) is 0 Å². The van der Waals surface area contributed by atoms with Crippen LogP contribution in [0.2, 0.25) is 0 Å². The van der Waals surface area contributed by atoms with E-state index < -0.39 is 23.6 Å². The highest BCUT2D eigenvalue weighted by Crippen LogP contribution is 2.54. The van der Waals surface area contributed by atoms with Crippen LogP contribution in [0.25, 0.3) is 11.0 Å². The van der Waals surface area contributed by atoms with E-state index >= 15 is 0 Å². The second-order valence-corrected chi connectivity index (χ2v) is 13.9. The smallest absolute Gasteiger partial charge is 0.240 e. The molecule has 6 rings (SSSR count). The van der Waals surface area contributed by atoms with E-state index in [0.29, 0.717) is 17.1 Å². The Morgan fingerprint density at radius 2 is 1.85 bits per heavy atom. The topological polar surface area (TPSA) is 108 Å². The molecule has 41 heavy (non-hydrogen) atoms. The number of methoxy groups -OCH3 is 1. The van der Waals surface area contributed by atoms with Gasteiger partial charge in [0.05, 0.1) is 36.8 Å². The number of fused-ring (bicyclic) bond motifs is 2. The van der Waals surface area contributed by atoms with Crippen molar-refractivity contribution in [3.05, 3.63) is 23.9 Å². The van der Waals surface area contributed by atoms with Crippen molar-refractivity contribution in [3.63, 3.8) is 0 Å². The number of carbonyl (C=O) groups excluding carboxylic acids is 2. The number of hydrogen-bond donors (Lipinski definition) is 1. The average molecular weight is 565 g/mol. The van der Waals surface area contributed by atoms with Crippen molar-refractivity contribution in [3.8, 4) is 11.6 Å². The predicted octanol–water partition coefficient (Wildman–Crippen LogP) is 5.34. The van der Waals surface area contributed by atoms with Gasteiger partial charge in [-0.1, -0.05) is 47.0 Å². The third kappa shape index (κ3) is 6.23. The molecule has 224 valence electrons. The molecule has 4 aliphatic rings. The first-order chi connectivity index (χ1) is 19.5. The van der Waals surface area contributed by atoms with Crippen molar-refractivity contribution < 1.29 is 19.1 Å². The first kappa shape index (κ1) is 29.7. The number of aromatic nitrogens is 2. The first-order valence-electron chi connectivity index (χ1n) is 15.5. The molecule has 2 heterocycles. The standard InChI is InChI=1S/C33H48N4O4/c1-19-28(18-37(29(19)20(2)38)32(39)30(34)33(3,4)5)41-31-26(35-25-13-12-24(40-6)17-27(25)36-31)11-9-7-8-10-22-14-21-15-23(22)16-21/h12-13,17,19,21-23,28-30H,7-11,14-16,18,34H2,1-6H3/t19-,21?,22+,23?,28?,29+,30?/m1/s1. The molecule has 8 nitrogen and oxygen atoms in total. The van der Waals surface area contributed by atoms with Crippen LogP contribution in [0.4, 0.5) is 0 Å². The lowest BCUT2D eigenvalue weighted by Gasteiger charge is -2.32. The van der Waals surface area contributed by atoms with Crippen molar-refractivity contribution in [2.24, 2.45) is 34.8 Å². The lowest BCUT2D eigenvalue weighted by Crippen LogP contribution is -2.53. The van der Waals surface area contributed by atoms with Crippen LogP contribution in [0.5, 0.6) is 11.6 Å². The van der Waals surface area contributed by atoms with E-state index in [1.54, 1.807) is 12.0 Å². The van der Waals surface area contributed by atoms with E-state index in [-0.39, 0.29) is 24.2 Å². The number of aryl methyl sites for hydroxylation is 1. The van der Waals surface area contributed by atoms with Gasteiger partial charge in [-0.3, -0.25) is 9.59 Å². The number of ether oxygens (including phenoxy) is 2. The van der Waals surface area contributed by atoms with Crippen LogP contribution in [0, 0.1) is 29.1 Å². The zero-order chi connectivity index (χ0) is 29.5. The van der Waals surface area contributed by atoms with Crippen LogP contribution in [-0.2, 0) is 16.0 Å². The van der Waals surface area contributed by atoms with Crippen LogP contribution < -0.4 is 15.2 Å². The minimum absolute atomic E-state index is 0.0626. The molecule has 1 saturated heterocycles. The van der Waals surface area contributed by atoms with Crippen molar-refractivity contribution in [2.75, 3.05) is 13.7 Å². The van der Waals surface area contributed by atoms with Gasteiger partial charge in [0.2, 0.25) is 11.8 Å². The average Bonchev–Trinajstić information content (AvgIpc) is 3.59. The summed E-state index contributed by atoms with van der Waals surface area (Å²) >= 11 is 0. The molecule has 2 unspecified atom stereocenters. The number of hydrogen-bond acceptors (Lipinski definition) is 7. The van der Waals surface area contributed by atoms with Crippen molar-refractivity contribution >= 4 is 22.7 Å². The van der Waals surface area contributed by atoms with E-state index in [2.05, 4.69) is 0 Å². The molecule has 3 saturated carbocycles. The fraction of sp³-hybridized carbons (Fsp3) is 0.697. The van der Waals surface area contributed by atoms with Gasteiger partial charge in [-0.15, -0.1) is 0 Å². The van der Waals surface area contributed by atoms with Gasteiger partial charge < -0.3 is 20.1 Å². The predicted molar refractivity (Wildman–Crippen MR) is 160 cm³/mol. The van der Waals surface area contributed by atoms with Gasteiger partial charge in [-0.25, -0.2) is 9.97 Å². The second kappa shape index (κ2) is 11.9. The zero-order valence-corrected chi connectivity index (χ0v) is 25.7. The number of likely N-dealkylation sites (tertiary alicyclic amines) is 1. The summed E-state index contributed by atoms with van der Waals surface area (Å²) in [5, 5.41) is 0. The molecule has 5 atom stereocenters. The van der Waals surface area contributed by atoms with Gasteiger partial charge in [0.25, 0.3) is 0 Å². The normalized spacial score (nSPS) is 28.0. The van der Waals surface area contributed by atoms with Gasteiger partial charge in [0.1, 0.15) is 17.5 Å². The van der Waals surface area contributed by atoms with Crippen molar-refractivity contribution in [1.82, 2.24) is 14.9 Å². The molecule has 1 aromatic heterocycles. The summed E-state index contributed by atoms with van der Waals surface area (Å²) in [4.78, 5) is 37.7. The van der Waals surface area contributed by atoms with Gasteiger partial charge in [0, 0.05) is 12.0 Å². The van der Waals surface area contributed by atoms with Crippen LogP contribution in [0.15, 0.2) is 18.2 Å². The third-order valence-corrected chi connectivity index (χ3v) is 9.93. The van der Waals surface area contributed by atoms with Crippen molar-refractivity contribution in [1.29, 1.82) is 0 Å². The third-order valence-electron chi connectivity index (χ3n) is 9.93. The van der Waals surface area contributed by atoms with Gasteiger partial charge >= 0.3 is 0 Å². The largest absolute Gasteiger partial charge is 0.497 e. The molecule has 4 fully saturated rings. The SMILES string of the molecule is COc1ccc2nc(CCCCC[C@H]3CC4CC3C4)c(OC3CN(C(=O)C(N)C(C)(C)C)[C@H](C(C)=O)[C@@H]3C)nc2c1. The summed E-state index contributed by atoms with van der Waals surface area (Å²) in [5.74, 6) is 3.66. The highest BCUT2D eigenvalue weighted by atomic mass is 16.5. The Bertz CT molecular complexity index is 1270. The minimum atomic E-state index is -0.714. The molecule has 3 aliphatic carbocycles. The summed E-state index contributed by atoms with van der Waals surface area (Å²) < 4.78 is 12.0. The fourth-order valence-corrected chi connectivity index (χ4v) is 7.27. The van der Waals surface area contributed by atoms with E-state index in [4.69, 9.17) is 25.2 Å². The lowest BCUT2D eigenvalue weighted by molar-refractivity contribution is -0.140. The molecule has 2 N–H and O–H groups in total. The van der Waals surface area contributed by atoms with Crippen LogP contribution in [0.1, 0.15) is 85.3 Å². The first-order valence-corrected chi connectivity index (χ1v) is 15.5. The number of rotatable bonds is 11. The van der Waals surface area contributed by atoms with Gasteiger partial charge in [-0.05, 0) is 74.3 Å². The Morgan fingerprint density at radius 1 is 1.10 bits per heavy atom. The highest BCUT2D eigenvalue weighted by molar-refractivity contribution is 5.91. The zero-order valence-electron chi connectivity index (χ0n) is 25.7. The Morgan fingerprint density at radius 3 is 2.49 bits per heavy atom. The van der Waals surface area contributed by atoms with E-state index in [1.807, 2.05) is 45.9 Å². The maximum Gasteiger partial charge on any atom is 0.240 e. The number of carbonyl (C=O) groups is 2. The molecule has 2 bridgehead atoms. The minimum Gasteiger partial charge on any atom is -0.497 e. The number of nitrogens with zero attached hydrogens (tertiary/aromatic N) is 3. The Balaban J connectivity index is 1.33. The van der Waals surface area contributed by atoms with E-state index in [9.17, 15) is 9.59 Å². The van der Waals surface area contributed by atoms with E-state index in [0.717, 1.165) is 48.2 Å². The molecule has 1 aliphatic heterocycles. The Kier molecular flexibility index (Phi) is 8.61. The monoisotopic (exact) mass is 564 g/mol. The second-order valence-electron chi connectivity index (χ2n) is 13.9. The van der Waals surface area contributed by atoms with Crippen LogP contribution >= 0.6 is 0 Å². The molecule has 1 aromatic carbocycles. The fourth-order valence-electron chi connectivity index (χ4n) is 7.27. The number of benzene rings is 1. The molecular weight excluding hydrogens is 516 g/mol. The number of unbranched alkanes of at least 4 members (excludes halogenated alkanes) is 2. The number of amides is 1. The molecule has 0 spiro atoms. The highest BCUT2D eigenvalue weighted by Gasteiger charge is 2.48. The summed E-state index contributed by atoms with van der Waals surface area (Å²) in [6, 6.07) is 4.39. The molecular formula is C33H48N4O4. The molecule has 8 heteroatoms. The number of Topliss-reactive ketones (excluding diaryl/α,β-unsaturated/α-hetero) is 1. The van der Waals surface area contributed by atoms with Crippen molar-refractivity contribution in [2.45, 2.75) is 104 Å². The van der Waals surface area contributed by atoms with Gasteiger partial charge in [-0.2, -0.15) is 0 Å². The lowest BCUT2D eigenvalue weighted by atomic mass is 9.81. The van der Waals surface area contributed by atoms with Crippen LogP contribution in [-0.4, -0.2) is 58.4 Å². The maximum absolute atomic E-state index is 13.4. The summed E-state index contributed by atoms with van der Waals surface area (Å²) in [5.41, 5.74) is 8.24. The number of ketones is 1.